The first-order valence-corrected chi connectivity index (χ1v) is 12.2. The largest absolute Gasteiger partial charge is 0.489 e. The molecule has 0 spiro atoms. The van der Waals surface area contributed by atoms with Crippen molar-refractivity contribution in [3.8, 4) is 23.0 Å². The minimum Gasteiger partial charge on any atom is -0.489 e. The number of nitrogens with two attached hydrogens (primary N) is 1. The first-order valence-electron chi connectivity index (χ1n) is 12.2. The lowest BCUT2D eigenvalue weighted by Crippen LogP contribution is -2.49. The molecule has 0 unspecified atom stereocenters. The van der Waals surface area contributed by atoms with Gasteiger partial charge >= 0.3 is 6.61 Å². The molecule has 1 amide bonds. The molecule has 1 saturated heterocycles. The normalized spacial score (nSPS) is 15.7. The highest BCUT2D eigenvalue weighted by Gasteiger charge is 2.29. The lowest BCUT2D eigenvalue weighted by molar-refractivity contribution is -0.0515. The van der Waals surface area contributed by atoms with Gasteiger partial charge < -0.3 is 29.4 Å². The highest BCUT2D eigenvalue weighted by atomic mass is 19.3. The summed E-state index contributed by atoms with van der Waals surface area (Å²) in [5.74, 6) is -1.07. The van der Waals surface area contributed by atoms with Crippen LogP contribution in [0.3, 0.4) is 0 Å². The van der Waals surface area contributed by atoms with E-state index < -0.39 is 24.2 Å². The molecule has 0 radical (unpaired) electrons. The summed E-state index contributed by atoms with van der Waals surface area (Å²) in [6.45, 7) is -1.50. The minimum atomic E-state index is -3.01. The van der Waals surface area contributed by atoms with Crippen LogP contribution in [0.2, 0.25) is 0 Å². The number of halogens is 4. The summed E-state index contributed by atoms with van der Waals surface area (Å²) in [6.07, 6.45) is 2.03. The molecule has 2 N–H and O–H groups in total. The van der Waals surface area contributed by atoms with Gasteiger partial charge in [-0.15, -0.1) is 0 Å². The fourth-order valence-corrected chi connectivity index (χ4v) is 4.26. The number of hydrogen-bond acceptors (Lipinski definition) is 7. The summed E-state index contributed by atoms with van der Waals surface area (Å²) in [7, 11) is 0. The summed E-state index contributed by atoms with van der Waals surface area (Å²) in [6, 6.07) is 7.69. The average molecular weight is 535 g/mol. The van der Waals surface area contributed by atoms with Gasteiger partial charge in [0.2, 0.25) is 5.89 Å². The van der Waals surface area contributed by atoms with Gasteiger partial charge in [0.15, 0.2) is 23.0 Å². The summed E-state index contributed by atoms with van der Waals surface area (Å²) in [4.78, 5) is 20.9. The number of piperazine rings is 1. The minimum absolute atomic E-state index is 0.0391. The number of nitrogens with zero attached hydrogens (tertiary/aromatic N) is 3. The number of carbonyl (C=O) groups is 1. The van der Waals surface area contributed by atoms with Crippen molar-refractivity contribution in [3.05, 3.63) is 59.5 Å². The Bertz CT molecular complexity index is 1310. The zero-order valence-electron chi connectivity index (χ0n) is 20.3. The molecule has 3 aromatic rings. The van der Waals surface area contributed by atoms with Gasteiger partial charge in [0, 0.05) is 37.8 Å². The van der Waals surface area contributed by atoms with E-state index in [1.807, 2.05) is 0 Å². The molecule has 1 saturated carbocycles. The summed E-state index contributed by atoms with van der Waals surface area (Å²) in [5.41, 5.74) is 6.53. The fraction of sp³-hybridized carbons (Fsp3) is 0.385. The maximum Gasteiger partial charge on any atom is 0.387 e. The summed E-state index contributed by atoms with van der Waals surface area (Å²) in [5, 5.41) is 0. The molecule has 1 aliphatic heterocycles. The fourth-order valence-electron chi connectivity index (χ4n) is 4.26. The van der Waals surface area contributed by atoms with Crippen molar-refractivity contribution in [1.29, 1.82) is 0 Å². The third-order valence-electron chi connectivity index (χ3n) is 6.48. The zero-order chi connectivity index (χ0) is 26.8. The molecule has 0 bridgehead atoms. The van der Waals surface area contributed by atoms with E-state index in [1.54, 1.807) is 9.80 Å². The van der Waals surface area contributed by atoms with Crippen LogP contribution in [0, 0.1) is 17.6 Å². The number of amides is 1. The van der Waals surface area contributed by atoms with Crippen LogP contribution in [-0.4, -0.2) is 55.2 Å². The maximum absolute atomic E-state index is 14.2. The molecule has 202 valence electrons. The van der Waals surface area contributed by atoms with Crippen molar-refractivity contribution < 1.29 is 36.2 Å². The topological polar surface area (TPSA) is 94.1 Å². The van der Waals surface area contributed by atoms with Gasteiger partial charge in [0.1, 0.15) is 11.6 Å². The second-order valence-electron chi connectivity index (χ2n) is 9.16. The van der Waals surface area contributed by atoms with E-state index in [0.29, 0.717) is 31.2 Å². The van der Waals surface area contributed by atoms with Crippen LogP contribution in [0.5, 0.6) is 11.5 Å². The van der Waals surface area contributed by atoms with Gasteiger partial charge in [-0.2, -0.15) is 8.78 Å². The number of anilines is 1. The Kier molecular flexibility index (Phi) is 7.41. The van der Waals surface area contributed by atoms with Gasteiger partial charge in [-0.1, -0.05) is 0 Å². The van der Waals surface area contributed by atoms with Gasteiger partial charge in [-0.25, -0.2) is 13.8 Å². The van der Waals surface area contributed by atoms with Gasteiger partial charge in [0.25, 0.3) is 5.91 Å². The Morgan fingerprint density at radius 3 is 2.50 bits per heavy atom. The van der Waals surface area contributed by atoms with Crippen LogP contribution in [0.25, 0.3) is 11.5 Å². The van der Waals surface area contributed by atoms with Crippen molar-refractivity contribution >= 4 is 11.6 Å². The highest BCUT2D eigenvalue weighted by molar-refractivity contribution is 5.94. The maximum atomic E-state index is 14.2. The molecule has 1 aliphatic carbocycles. The van der Waals surface area contributed by atoms with Crippen molar-refractivity contribution in [1.82, 2.24) is 9.88 Å². The number of benzene rings is 2. The third-order valence-corrected chi connectivity index (χ3v) is 6.48. The van der Waals surface area contributed by atoms with Crippen molar-refractivity contribution in [2.45, 2.75) is 26.0 Å². The number of oxazole rings is 1. The predicted octanol–water partition coefficient (Wildman–Crippen LogP) is 4.43. The quantitative estimate of drug-likeness (QED) is 0.406. The van der Waals surface area contributed by atoms with Crippen LogP contribution in [0.15, 0.2) is 40.8 Å². The molecule has 2 aliphatic rings. The Morgan fingerprint density at radius 2 is 1.84 bits per heavy atom. The monoisotopic (exact) mass is 534 g/mol. The van der Waals surface area contributed by atoms with Crippen LogP contribution in [0.4, 0.5) is 23.2 Å². The number of ether oxygens (including phenoxy) is 2. The molecule has 12 heteroatoms. The zero-order valence-corrected chi connectivity index (χ0v) is 20.3. The van der Waals surface area contributed by atoms with E-state index in [-0.39, 0.29) is 54.2 Å². The van der Waals surface area contributed by atoms with E-state index in [4.69, 9.17) is 14.9 Å². The number of hydrogen-bond donors (Lipinski definition) is 1. The predicted molar refractivity (Wildman–Crippen MR) is 129 cm³/mol. The van der Waals surface area contributed by atoms with E-state index >= 15 is 0 Å². The van der Waals surface area contributed by atoms with Crippen LogP contribution >= 0.6 is 0 Å². The number of alkyl halides is 2. The standard InChI is InChI=1S/C26H26F4N4O4/c27-17-4-5-19(18(28)12-17)33-7-9-34(10-8-33)25(35)23-22(13-31)37-24(32-23)16-3-6-20(38-26(29)30)21(11-16)36-14-15-1-2-15/h3-6,11-12,15,26H,1-2,7-10,13-14,31H2. The molecule has 8 nitrogen and oxygen atoms in total. The van der Waals surface area contributed by atoms with Crippen molar-refractivity contribution in [3.63, 3.8) is 0 Å². The SMILES string of the molecule is NCc1oc(-c2ccc(OC(F)F)c(OCC3CC3)c2)nc1C(=O)N1CCN(c2ccc(F)cc2F)CC1. The Balaban J connectivity index is 1.32. The van der Waals surface area contributed by atoms with Gasteiger partial charge in [-0.3, -0.25) is 4.79 Å². The van der Waals surface area contributed by atoms with E-state index in [1.165, 1.54) is 30.3 Å². The molecule has 2 heterocycles. The number of rotatable bonds is 9. The Labute approximate surface area is 215 Å². The highest BCUT2D eigenvalue weighted by Crippen LogP contribution is 2.37. The van der Waals surface area contributed by atoms with Crippen molar-refractivity contribution in [2.75, 3.05) is 37.7 Å². The summed E-state index contributed by atoms with van der Waals surface area (Å²) < 4.78 is 69.2. The second-order valence-corrected chi connectivity index (χ2v) is 9.16. The molecular formula is C26H26F4N4O4. The smallest absolute Gasteiger partial charge is 0.387 e. The first kappa shape index (κ1) is 25.8. The number of aromatic nitrogens is 1. The van der Waals surface area contributed by atoms with E-state index in [9.17, 15) is 22.4 Å². The van der Waals surface area contributed by atoms with Crippen LogP contribution in [0.1, 0.15) is 29.1 Å². The average Bonchev–Trinajstić information content (AvgIpc) is 3.63. The van der Waals surface area contributed by atoms with E-state index in [0.717, 1.165) is 18.9 Å². The lowest BCUT2D eigenvalue weighted by atomic mass is 10.2. The molecule has 2 fully saturated rings. The van der Waals surface area contributed by atoms with Crippen LogP contribution in [-0.2, 0) is 6.54 Å². The molecule has 5 rings (SSSR count). The second kappa shape index (κ2) is 10.9. The van der Waals surface area contributed by atoms with Crippen molar-refractivity contribution in [2.24, 2.45) is 11.7 Å². The number of carbonyl (C=O) groups excluding carboxylic acids is 1. The first-order chi connectivity index (χ1) is 18.3. The van der Waals surface area contributed by atoms with Crippen LogP contribution < -0.4 is 20.1 Å². The Hall–Kier alpha value is -3.80. The molecular weight excluding hydrogens is 508 g/mol. The molecule has 0 atom stereocenters. The summed E-state index contributed by atoms with van der Waals surface area (Å²) >= 11 is 0. The lowest BCUT2D eigenvalue weighted by Gasteiger charge is -2.36. The molecule has 38 heavy (non-hydrogen) atoms. The van der Waals surface area contributed by atoms with Gasteiger partial charge in [-0.05, 0) is 49.1 Å². The molecule has 2 aromatic carbocycles. The third kappa shape index (κ3) is 5.69. The Morgan fingerprint density at radius 1 is 1.08 bits per heavy atom. The van der Waals surface area contributed by atoms with E-state index in [2.05, 4.69) is 9.72 Å². The van der Waals surface area contributed by atoms with Gasteiger partial charge in [0.05, 0.1) is 18.8 Å². The molecule has 1 aromatic heterocycles.